The average molecular weight is 89.1 g/mol. The van der Waals surface area contributed by atoms with Crippen LogP contribution in [0.4, 0.5) is 8.78 Å². The van der Waals surface area contributed by atoms with Gasteiger partial charge in [0, 0.05) is 0 Å². The standard InChI is InChI=1S/C4H3F2/c1-4(6)2-3-5/h1H3. The van der Waals surface area contributed by atoms with Gasteiger partial charge in [-0.15, -0.1) is 4.39 Å². The Morgan fingerprint density at radius 2 is 2.17 bits per heavy atom. The van der Waals surface area contributed by atoms with Gasteiger partial charge in [-0.25, -0.2) is 4.39 Å². The van der Waals surface area contributed by atoms with Crippen molar-refractivity contribution in [3.8, 4) is 12.1 Å². The Bertz CT molecular complexity index is 75.3. The highest BCUT2D eigenvalue weighted by Gasteiger charge is 1.86. The van der Waals surface area contributed by atoms with E-state index in [4.69, 9.17) is 0 Å². The third-order valence-electron chi connectivity index (χ3n) is 0.219. The van der Waals surface area contributed by atoms with Gasteiger partial charge in [-0.3, -0.25) is 0 Å². The van der Waals surface area contributed by atoms with Crippen molar-refractivity contribution in [2.24, 2.45) is 0 Å². The Kier molecular flexibility index (Phi) is 2.39. The van der Waals surface area contributed by atoms with Crippen LogP contribution < -0.4 is 0 Å². The molecule has 0 aromatic carbocycles. The van der Waals surface area contributed by atoms with Crippen LogP contribution in [0.25, 0.3) is 0 Å². The molecule has 2 heteroatoms. The molecule has 0 saturated carbocycles. The van der Waals surface area contributed by atoms with E-state index in [0.29, 0.717) is 0 Å². The summed E-state index contributed by atoms with van der Waals surface area (Å²) in [5, 5.41) is 0. The second kappa shape index (κ2) is 2.65. The molecule has 0 rings (SSSR count). The maximum atomic E-state index is 11.2. The maximum absolute atomic E-state index is 11.2. The molecule has 0 unspecified atom stereocenters. The van der Waals surface area contributed by atoms with Crippen LogP contribution in [0.2, 0.25) is 0 Å². The van der Waals surface area contributed by atoms with Crippen LogP contribution in [0.1, 0.15) is 6.92 Å². The van der Waals surface area contributed by atoms with Gasteiger partial charge in [0.2, 0.25) is 6.17 Å². The predicted molar refractivity (Wildman–Crippen MR) is 18.9 cm³/mol. The van der Waals surface area contributed by atoms with E-state index < -0.39 is 6.17 Å². The fourth-order valence-corrected chi connectivity index (χ4v) is 0.0651. The van der Waals surface area contributed by atoms with E-state index in [9.17, 15) is 8.78 Å². The minimum absolute atomic E-state index is 0.697. The molecule has 0 spiro atoms. The Labute approximate surface area is 35.2 Å². The molecule has 33 valence electrons. The molecule has 0 heterocycles. The summed E-state index contributed by atoms with van der Waals surface area (Å²) in [7, 11) is 0. The molecule has 0 nitrogen and oxygen atoms in total. The first kappa shape index (κ1) is 5.42. The van der Waals surface area contributed by atoms with E-state index in [1.807, 2.05) is 0 Å². The second-order valence-electron chi connectivity index (χ2n) is 0.753. The summed E-state index contributed by atoms with van der Waals surface area (Å²) >= 11 is 0. The van der Waals surface area contributed by atoms with E-state index in [2.05, 4.69) is 0 Å². The summed E-state index contributed by atoms with van der Waals surface area (Å²) < 4.78 is 21.8. The van der Waals surface area contributed by atoms with Gasteiger partial charge in [0.05, 0.1) is 0 Å². The molecule has 0 N–H and O–H groups in total. The minimum Gasteiger partial charge on any atom is -0.225 e. The van der Waals surface area contributed by atoms with Crippen molar-refractivity contribution >= 4 is 0 Å². The molecular weight excluding hydrogens is 86.0 g/mol. The molecule has 0 aliphatic rings. The first-order valence-electron chi connectivity index (χ1n) is 1.38. The summed E-state index contributed by atoms with van der Waals surface area (Å²) in [5.41, 5.74) is 0. The molecule has 0 aromatic heterocycles. The summed E-state index contributed by atoms with van der Waals surface area (Å²) in [6.45, 7) is 1.09. The molecule has 0 atom stereocenters. The van der Waals surface area contributed by atoms with E-state index in [0.717, 1.165) is 13.1 Å². The van der Waals surface area contributed by atoms with Crippen LogP contribution in [0, 0.1) is 18.3 Å². The molecular formula is C4H3F2. The first-order chi connectivity index (χ1) is 2.77. The topological polar surface area (TPSA) is 0 Å². The van der Waals surface area contributed by atoms with Crippen LogP contribution >= 0.6 is 0 Å². The zero-order chi connectivity index (χ0) is 4.99. The van der Waals surface area contributed by atoms with Crippen molar-refractivity contribution in [2.75, 3.05) is 0 Å². The van der Waals surface area contributed by atoms with E-state index in [1.54, 1.807) is 5.92 Å². The Morgan fingerprint density at radius 1 is 1.67 bits per heavy atom. The monoisotopic (exact) mass is 89.0 g/mol. The smallest absolute Gasteiger partial charge is 0.215 e. The normalized spacial score (nSPS) is 7.33. The van der Waals surface area contributed by atoms with Crippen LogP contribution in [0.3, 0.4) is 0 Å². The van der Waals surface area contributed by atoms with Crippen molar-refractivity contribution in [1.29, 1.82) is 0 Å². The average Bonchev–Trinajstić information content (AvgIpc) is 1.35. The lowest BCUT2D eigenvalue weighted by atomic mass is 10.5. The van der Waals surface area contributed by atoms with Crippen molar-refractivity contribution < 1.29 is 8.78 Å². The van der Waals surface area contributed by atoms with Crippen LogP contribution in [-0.2, 0) is 0 Å². The molecule has 0 bridgehead atoms. The molecule has 1 radical (unpaired) electrons. The number of hydrogen-bond acceptors (Lipinski definition) is 0. The molecule has 0 amide bonds. The van der Waals surface area contributed by atoms with Gasteiger partial charge in [-0.1, -0.05) is 0 Å². The second-order valence-corrected chi connectivity index (χ2v) is 0.753. The summed E-state index contributed by atoms with van der Waals surface area (Å²) in [4.78, 5) is 0. The first-order valence-corrected chi connectivity index (χ1v) is 1.38. The predicted octanol–water partition coefficient (Wildman–Crippen LogP) is 1.44. The quantitative estimate of drug-likeness (QED) is 0.394. The lowest BCUT2D eigenvalue weighted by Gasteiger charge is -1.73. The fourth-order valence-electron chi connectivity index (χ4n) is 0.0651. The lowest BCUT2D eigenvalue weighted by molar-refractivity contribution is 0.565. The van der Waals surface area contributed by atoms with E-state index in [-0.39, 0.29) is 0 Å². The van der Waals surface area contributed by atoms with Crippen molar-refractivity contribution in [1.82, 2.24) is 0 Å². The van der Waals surface area contributed by atoms with Crippen LogP contribution in [0.15, 0.2) is 0 Å². The van der Waals surface area contributed by atoms with Gasteiger partial charge in [-0.2, -0.15) is 0 Å². The SMILES string of the molecule is C[C](F)C#CF. The van der Waals surface area contributed by atoms with Crippen molar-refractivity contribution in [3.05, 3.63) is 6.17 Å². The highest BCUT2D eigenvalue weighted by Crippen LogP contribution is 1.92. The molecule has 0 aromatic rings. The van der Waals surface area contributed by atoms with Crippen molar-refractivity contribution in [2.45, 2.75) is 6.92 Å². The molecule has 6 heavy (non-hydrogen) atoms. The third-order valence-corrected chi connectivity index (χ3v) is 0.219. The van der Waals surface area contributed by atoms with Gasteiger partial charge in [0.15, 0.2) is 0 Å². The highest BCUT2D eigenvalue weighted by molar-refractivity contribution is 5.08. The highest BCUT2D eigenvalue weighted by atomic mass is 19.1. The van der Waals surface area contributed by atoms with E-state index >= 15 is 0 Å². The van der Waals surface area contributed by atoms with Crippen LogP contribution in [-0.4, -0.2) is 0 Å². The minimum atomic E-state index is -0.697. The van der Waals surface area contributed by atoms with E-state index in [1.165, 1.54) is 0 Å². The molecule has 0 saturated heterocycles. The van der Waals surface area contributed by atoms with Gasteiger partial charge in [-0.05, 0) is 12.8 Å². The molecule has 0 fully saturated rings. The number of rotatable bonds is 0. The largest absolute Gasteiger partial charge is 0.225 e. The summed E-state index contributed by atoms with van der Waals surface area (Å²) in [6.07, 6.45) is 0.208. The van der Waals surface area contributed by atoms with Crippen LogP contribution in [0.5, 0.6) is 0 Å². The van der Waals surface area contributed by atoms with Gasteiger partial charge in [0.25, 0.3) is 0 Å². The summed E-state index contributed by atoms with van der Waals surface area (Å²) in [6, 6.07) is 0. The fraction of sp³-hybridized carbons (Fsp3) is 0.250. The number of halogens is 2. The zero-order valence-electron chi connectivity index (χ0n) is 3.26. The zero-order valence-corrected chi connectivity index (χ0v) is 3.26. The van der Waals surface area contributed by atoms with Gasteiger partial charge in [0.1, 0.15) is 6.17 Å². The summed E-state index contributed by atoms with van der Waals surface area (Å²) in [5.74, 6) is 1.54. The maximum Gasteiger partial charge on any atom is 0.215 e. The van der Waals surface area contributed by atoms with Gasteiger partial charge < -0.3 is 0 Å². The van der Waals surface area contributed by atoms with Gasteiger partial charge >= 0.3 is 0 Å². The van der Waals surface area contributed by atoms with Crippen molar-refractivity contribution in [3.63, 3.8) is 0 Å². The Morgan fingerprint density at radius 3 is 2.17 bits per heavy atom. The third kappa shape index (κ3) is 3.42. The Balaban J connectivity index is 3.20. The lowest BCUT2D eigenvalue weighted by Crippen LogP contribution is -1.67. The number of hydrogen-bond donors (Lipinski definition) is 0. The molecule has 0 aliphatic carbocycles. The molecule has 0 aliphatic heterocycles. The Hall–Kier alpha value is -0.580.